The van der Waals surface area contributed by atoms with E-state index in [2.05, 4.69) is 134 Å². The van der Waals surface area contributed by atoms with Crippen molar-refractivity contribution < 1.29 is 0 Å². The van der Waals surface area contributed by atoms with Gasteiger partial charge in [0.2, 0.25) is 0 Å². The predicted octanol–water partition coefficient (Wildman–Crippen LogP) is 8.66. The fraction of sp³-hybridized carbons (Fsp3) is 0.0588. The summed E-state index contributed by atoms with van der Waals surface area (Å²) in [6, 6.07) is 47.2. The molecule has 0 bridgehead atoms. The smallest absolute Gasteiger partial charge is 0.0622 e. The molecule has 0 nitrogen and oxygen atoms in total. The molecule has 0 atom stereocenters. The summed E-state index contributed by atoms with van der Waals surface area (Å²) in [7, 11) is 0. The molecular weight excluding hydrogens is 408 g/mol. The van der Waals surface area contributed by atoms with Crippen molar-refractivity contribution in [3.63, 3.8) is 0 Å². The Morgan fingerprint density at radius 1 is 0.500 bits per heavy atom. The van der Waals surface area contributed by atoms with Crippen LogP contribution in [0.4, 0.5) is 0 Å². The molecule has 0 unspecified atom stereocenters. The van der Waals surface area contributed by atoms with Crippen molar-refractivity contribution in [1.82, 2.24) is 0 Å². The van der Waals surface area contributed by atoms with Gasteiger partial charge in [-0.25, -0.2) is 0 Å². The highest BCUT2D eigenvalue weighted by molar-refractivity contribution is 6.17. The van der Waals surface area contributed by atoms with Gasteiger partial charge in [0.25, 0.3) is 0 Å². The minimum absolute atomic E-state index is 0.386. The van der Waals surface area contributed by atoms with Crippen LogP contribution >= 0.6 is 0 Å². The molecule has 0 heterocycles. The Labute approximate surface area is 200 Å². The molecule has 1 aliphatic carbocycles. The molecule has 0 radical (unpaired) electrons. The molecule has 1 aliphatic rings. The van der Waals surface area contributed by atoms with Crippen molar-refractivity contribution in [2.45, 2.75) is 12.3 Å². The molecule has 7 rings (SSSR count). The fourth-order valence-electron chi connectivity index (χ4n) is 6.21. The molecule has 0 aromatic heterocycles. The van der Waals surface area contributed by atoms with Crippen molar-refractivity contribution in [3.8, 4) is 11.1 Å². The quantitative estimate of drug-likeness (QED) is 0.240. The zero-order valence-electron chi connectivity index (χ0n) is 19.1. The van der Waals surface area contributed by atoms with Gasteiger partial charge in [-0.3, -0.25) is 0 Å². The minimum atomic E-state index is -0.386. The maximum Gasteiger partial charge on any atom is 0.0713 e. The van der Waals surface area contributed by atoms with Crippen molar-refractivity contribution >= 4 is 21.5 Å². The molecule has 0 fully saturated rings. The Bertz CT molecular complexity index is 1650. The van der Waals surface area contributed by atoms with E-state index in [9.17, 15) is 0 Å². The zero-order valence-corrected chi connectivity index (χ0v) is 19.1. The highest BCUT2D eigenvalue weighted by Gasteiger charge is 2.44. The van der Waals surface area contributed by atoms with Gasteiger partial charge >= 0.3 is 0 Å². The molecule has 0 saturated heterocycles. The van der Waals surface area contributed by atoms with Crippen LogP contribution in [0.15, 0.2) is 127 Å². The summed E-state index contributed by atoms with van der Waals surface area (Å²) >= 11 is 0. The Morgan fingerprint density at radius 2 is 1.15 bits per heavy atom. The van der Waals surface area contributed by atoms with Gasteiger partial charge in [0.1, 0.15) is 0 Å². The molecule has 0 N–H and O–H groups in total. The second-order valence-electron chi connectivity index (χ2n) is 9.41. The molecule has 160 valence electrons. The largest absolute Gasteiger partial charge is 0.0713 e. The number of fused-ring (bicyclic) bond motifs is 4. The normalized spacial score (nSPS) is 13.7. The van der Waals surface area contributed by atoms with Crippen LogP contribution in [0.25, 0.3) is 32.7 Å². The summed E-state index contributed by atoms with van der Waals surface area (Å²) in [5.41, 5.74) is 8.91. The van der Waals surface area contributed by atoms with Crippen LogP contribution < -0.4 is 0 Å². The van der Waals surface area contributed by atoms with Crippen LogP contribution in [-0.2, 0) is 5.41 Å². The number of hydrogen-bond acceptors (Lipinski definition) is 0. The topological polar surface area (TPSA) is 0 Å². The highest BCUT2D eigenvalue weighted by Crippen LogP contribution is 2.56. The van der Waals surface area contributed by atoms with E-state index >= 15 is 0 Å². The highest BCUT2D eigenvalue weighted by atomic mass is 14.4. The molecule has 0 aliphatic heterocycles. The molecule has 6 aromatic carbocycles. The maximum atomic E-state index is 2.37. The van der Waals surface area contributed by atoms with Crippen LogP contribution in [-0.4, -0.2) is 0 Å². The average Bonchev–Trinajstić information content (AvgIpc) is 2.90. The van der Waals surface area contributed by atoms with E-state index in [1.165, 1.54) is 60.5 Å². The van der Waals surface area contributed by atoms with Crippen LogP contribution in [0.3, 0.4) is 0 Å². The standard InChI is InChI=1S/C34H24/c1-23-19-20-24-22-25-11-10-18-31-32(25)33(29(24)21-23)28-16-8-9-17-30(28)34(31,26-12-4-2-5-13-26)27-14-6-3-7-15-27/h2-22H,1H3. The Kier molecular flexibility index (Phi) is 4.07. The molecule has 0 heteroatoms. The summed E-state index contributed by atoms with van der Waals surface area (Å²) in [4.78, 5) is 0. The lowest BCUT2D eigenvalue weighted by Gasteiger charge is -2.42. The lowest BCUT2D eigenvalue weighted by molar-refractivity contribution is 0.750. The number of benzene rings is 6. The summed E-state index contributed by atoms with van der Waals surface area (Å²) in [6.07, 6.45) is 0. The first-order chi connectivity index (χ1) is 16.8. The lowest BCUT2D eigenvalue weighted by atomic mass is 9.59. The lowest BCUT2D eigenvalue weighted by Crippen LogP contribution is -2.33. The first-order valence-corrected chi connectivity index (χ1v) is 12.0. The van der Waals surface area contributed by atoms with Crippen molar-refractivity contribution in [2.24, 2.45) is 0 Å². The number of rotatable bonds is 2. The Balaban J connectivity index is 1.78. The molecule has 0 saturated carbocycles. The van der Waals surface area contributed by atoms with Gasteiger partial charge in [-0.15, -0.1) is 0 Å². The average molecular weight is 433 g/mol. The third kappa shape index (κ3) is 2.48. The van der Waals surface area contributed by atoms with Gasteiger partial charge in [0, 0.05) is 0 Å². The van der Waals surface area contributed by atoms with Crippen molar-refractivity contribution in [1.29, 1.82) is 0 Å². The van der Waals surface area contributed by atoms with Gasteiger partial charge in [-0.05, 0) is 67.9 Å². The van der Waals surface area contributed by atoms with Crippen LogP contribution in [0, 0.1) is 6.92 Å². The van der Waals surface area contributed by atoms with Crippen molar-refractivity contribution in [3.05, 3.63) is 155 Å². The van der Waals surface area contributed by atoms with E-state index in [4.69, 9.17) is 0 Å². The Morgan fingerprint density at radius 3 is 1.88 bits per heavy atom. The SMILES string of the molecule is Cc1ccc2cc3cccc4c3c(c2c1)-c1ccccc1C4(c1ccccc1)c1ccccc1. The summed E-state index contributed by atoms with van der Waals surface area (Å²) in [5.74, 6) is 0. The number of aryl methyl sites for hydroxylation is 1. The summed E-state index contributed by atoms with van der Waals surface area (Å²) in [5, 5.41) is 5.30. The molecular formula is C34H24. The maximum absolute atomic E-state index is 2.37. The van der Waals surface area contributed by atoms with Crippen LogP contribution in [0.1, 0.15) is 27.8 Å². The van der Waals surface area contributed by atoms with Gasteiger partial charge in [0.15, 0.2) is 0 Å². The molecule has 34 heavy (non-hydrogen) atoms. The van der Waals surface area contributed by atoms with E-state index in [1.54, 1.807) is 0 Å². The minimum Gasteiger partial charge on any atom is -0.0622 e. The van der Waals surface area contributed by atoms with E-state index in [-0.39, 0.29) is 5.41 Å². The van der Waals surface area contributed by atoms with Crippen molar-refractivity contribution in [2.75, 3.05) is 0 Å². The molecule has 0 amide bonds. The first-order valence-electron chi connectivity index (χ1n) is 12.0. The van der Waals surface area contributed by atoms with Gasteiger partial charge < -0.3 is 0 Å². The van der Waals surface area contributed by atoms with E-state index in [0.717, 1.165) is 0 Å². The summed E-state index contributed by atoms with van der Waals surface area (Å²) < 4.78 is 0. The second-order valence-corrected chi connectivity index (χ2v) is 9.41. The monoisotopic (exact) mass is 432 g/mol. The van der Waals surface area contributed by atoms with Crippen LogP contribution in [0.2, 0.25) is 0 Å². The van der Waals surface area contributed by atoms with E-state index in [1.807, 2.05) is 0 Å². The molecule has 6 aromatic rings. The Hall–Kier alpha value is -4.16. The van der Waals surface area contributed by atoms with Crippen LogP contribution in [0.5, 0.6) is 0 Å². The third-order valence-electron chi connectivity index (χ3n) is 7.55. The fourth-order valence-corrected chi connectivity index (χ4v) is 6.21. The molecule has 0 spiro atoms. The van der Waals surface area contributed by atoms with Gasteiger partial charge in [-0.2, -0.15) is 0 Å². The van der Waals surface area contributed by atoms with Gasteiger partial charge in [0.05, 0.1) is 5.41 Å². The second kappa shape index (κ2) is 7.17. The zero-order chi connectivity index (χ0) is 22.7. The third-order valence-corrected chi connectivity index (χ3v) is 7.55. The van der Waals surface area contributed by atoms with E-state index in [0.29, 0.717) is 0 Å². The van der Waals surface area contributed by atoms with Gasteiger partial charge in [-0.1, -0.05) is 127 Å². The first kappa shape index (κ1) is 19.3. The summed E-state index contributed by atoms with van der Waals surface area (Å²) in [6.45, 7) is 2.19. The van der Waals surface area contributed by atoms with E-state index < -0.39 is 0 Å². The predicted molar refractivity (Wildman–Crippen MR) is 143 cm³/mol. The number of hydrogen-bond donors (Lipinski definition) is 0.